The van der Waals surface area contributed by atoms with Crippen LogP contribution in [0.5, 0.6) is 5.75 Å². The van der Waals surface area contributed by atoms with E-state index in [1.54, 1.807) is 18.2 Å². The molecular formula is C36H52O. The first-order valence-corrected chi connectivity index (χ1v) is 15.8. The van der Waals surface area contributed by atoms with Crippen LogP contribution in [0, 0.1) is 52.3 Å². The van der Waals surface area contributed by atoms with Crippen molar-refractivity contribution in [3.63, 3.8) is 0 Å². The van der Waals surface area contributed by atoms with E-state index in [9.17, 15) is 0 Å². The van der Waals surface area contributed by atoms with Crippen molar-refractivity contribution >= 4 is 10.8 Å². The number of hydrogen-bond acceptors (Lipinski definition) is 1. The molecule has 3 fully saturated rings. The molecule has 0 heterocycles. The van der Waals surface area contributed by atoms with Gasteiger partial charge in [-0.05, 0) is 138 Å². The van der Waals surface area contributed by atoms with E-state index in [2.05, 4.69) is 65.0 Å². The Kier molecular flexibility index (Phi) is 6.69. The molecule has 6 rings (SSSR count). The third-order valence-electron chi connectivity index (χ3n) is 12.7. The summed E-state index contributed by atoms with van der Waals surface area (Å²) in [5, 5.41) is 2.73. The monoisotopic (exact) mass is 500 g/mol. The first-order valence-electron chi connectivity index (χ1n) is 15.8. The van der Waals surface area contributed by atoms with Crippen LogP contribution in [-0.2, 0) is 12.8 Å². The fourth-order valence-corrected chi connectivity index (χ4v) is 10.7. The van der Waals surface area contributed by atoms with Crippen molar-refractivity contribution in [2.24, 2.45) is 52.3 Å². The minimum Gasteiger partial charge on any atom is -0.497 e. The Morgan fingerprint density at radius 2 is 1.62 bits per heavy atom. The lowest BCUT2D eigenvalue weighted by Crippen LogP contribution is -2.54. The summed E-state index contributed by atoms with van der Waals surface area (Å²) < 4.78 is 5.55. The molecular weight excluding hydrogens is 448 g/mol. The Labute approximate surface area is 227 Å². The van der Waals surface area contributed by atoms with Crippen molar-refractivity contribution in [1.29, 1.82) is 0 Å². The van der Waals surface area contributed by atoms with E-state index in [1.807, 2.05) is 0 Å². The summed E-state index contributed by atoms with van der Waals surface area (Å²) in [7, 11) is 1.78. The largest absolute Gasteiger partial charge is 0.497 e. The second-order valence-electron chi connectivity index (χ2n) is 14.9. The molecule has 1 nitrogen and oxygen atoms in total. The van der Waals surface area contributed by atoms with Gasteiger partial charge in [-0.3, -0.25) is 0 Å². The van der Waals surface area contributed by atoms with E-state index in [-0.39, 0.29) is 0 Å². The Morgan fingerprint density at radius 3 is 2.41 bits per heavy atom. The zero-order chi connectivity index (χ0) is 25.9. The second-order valence-corrected chi connectivity index (χ2v) is 14.9. The predicted octanol–water partition coefficient (Wildman–Crippen LogP) is 9.88. The highest BCUT2D eigenvalue weighted by Crippen LogP contribution is 2.68. The van der Waals surface area contributed by atoms with Gasteiger partial charge in [-0.1, -0.05) is 72.1 Å². The van der Waals surface area contributed by atoms with Gasteiger partial charge in [-0.15, -0.1) is 0 Å². The maximum Gasteiger partial charge on any atom is 0.119 e. The molecule has 0 aromatic heterocycles. The van der Waals surface area contributed by atoms with E-state index in [0.29, 0.717) is 10.8 Å². The van der Waals surface area contributed by atoms with Crippen molar-refractivity contribution in [3.05, 3.63) is 41.5 Å². The normalized spacial score (nSPS) is 37.5. The Balaban J connectivity index is 1.23. The first-order chi connectivity index (χ1) is 17.7. The summed E-state index contributed by atoms with van der Waals surface area (Å²) in [6.45, 7) is 12.9. The maximum absolute atomic E-state index is 5.55. The summed E-state index contributed by atoms with van der Waals surface area (Å²) in [6.07, 6.45) is 15.8. The summed E-state index contributed by atoms with van der Waals surface area (Å²) in [5.41, 5.74) is 4.35. The predicted molar refractivity (Wildman–Crippen MR) is 157 cm³/mol. The van der Waals surface area contributed by atoms with Crippen molar-refractivity contribution in [2.45, 2.75) is 105 Å². The lowest BCUT2D eigenvalue weighted by molar-refractivity contribution is -0.103. The lowest BCUT2D eigenvalue weighted by Gasteiger charge is -2.61. The van der Waals surface area contributed by atoms with Crippen LogP contribution in [0.15, 0.2) is 30.3 Å². The van der Waals surface area contributed by atoms with Crippen LogP contribution in [0.25, 0.3) is 10.8 Å². The molecule has 2 aromatic rings. The molecule has 2 aromatic carbocycles. The smallest absolute Gasteiger partial charge is 0.119 e. The van der Waals surface area contributed by atoms with Gasteiger partial charge in [0, 0.05) is 0 Å². The molecule has 1 heteroatoms. The highest BCUT2D eigenvalue weighted by Gasteiger charge is 2.60. The number of methoxy groups -OCH3 is 1. The molecule has 3 saturated carbocycles. The number of fused-ring (bicyclic) bond motifs is 7. The quantitative estimate of drug-likeness (QED) is 0.383. The van der Waals surface area contributed by atoms with Gasteiger partial charge in [0.15, 0.2) is 0 Å². The molecule has 0 spiro atoms. The maximum atomic E-state index is 5.55. The number of rotatable bonds is 6. The molecule has 8 atom stereocenters. The van der Waals surface area contributed by atoms with Gasteiger partial charge >= 0.3 is 0 Å². The third kappa shape index (κ3) is 4.26. The number of benzene rings is 2. The average Bonchev–Trinajstić information content (AvgIpc) is 3.22. The van der Waals surface area contributed by atoms with Gasteiger partial charge < -0.3 is 4.74 Å². The SMILES string of the molecule is COc1ccc2cc3c(cc2c1)CC1(C)C(CCC2C1CCC1(C)C(C(C)CCCC(C)C)CCC21)C3. The molecule has 0 radical (unpaired) electrons. The summed E-state index contributed by atoms with van der Waals surface area (Å²) in [5.74, 6) is 7.44. The van der Waals surface area contributed by atoms with Crippen LogP contribution in [0.1, 0.15) is 104 Å². The van der Waals surface area contributed by atoms with Gasteiger partial charge in [0.2, 0.25) is 0 Å². The molecule has 8 unspecified atom stereocenters. The Morgan fingerprint density at radius 1 is 0.838 bits per heavy atom. The number of hydrogen-bond donors (Lipinski definition) is 0. The van der Waals surface area contributed by atoms with Crippen LogP contribution in [-0.4, -0.2) is 7.11 Å². The van der Waals surface area contributed by atoms with E-state index < -0.39 is 0 Å². The fourth-order valence-electron chi connectivity index (χ4n) is 10.7. The van der Waals surface area contributed by atoms with Crippen molar-refractivity contribution in [1.82, 2.24) is 0 Å². The molecule has 0 amide bonds. The summed E-state index contributed by atoms with van der Waals surface area (Å²) in [4.78, 5) is 0. The van der Waals surface area contributed by atoms with Crippen LogP contribution >= 0.6 is 0 Å². The Hall–Kier alpha value is -1.50. The van der Waals surface area contributed by atoms with E-state index in [4.69, 9.17) is 4.74 Å². The average molecular weight is 501 g/mol. The van der Waals surface area contributed by atoms with Crippen molar-refractivity contribution < 1.29 is 4.74 Å². The van der Waals surface area contributed by atoms with Gasteiger partial charge in [0.25, 0.3) is 0 Å². The number of ether oxygens (including phenoxy) is 1. The minimum atomic E-state index is 0.477. The second kappa shape index (κ2) is 9.60. The van der Waals surface area contributed by atoms with E-state index >= 15 is 0 Å². The van der Waals surface area contributed by atoms with Gasteiger partial charge in [0.1, 0.15) is 5.75 Å². The van der Waals surface area contributed by atoms with Crippen LogP contribution in [0.3, 0.4) is 0 Å². The third-order valence-corrected chi connectivity index (χ3v) is 12.7. The topological polar surface area (TPSA) is 9.23 Å². The van der Waals surface area contributed by atoms with Crippen LogP contribution < -0.4 is 4.74 Å². The standard InChI is InChI=1S/C36H52O/c1-23(2)8-7-9-24(3)32-14-15-33-31-13-11-29-20-26-18-25-10-12-30(37-6)21-27(25)19-28(26)22-36(29,5)34(31)16-17-35(32,33)4/h10,12,18-19,21,23-24,29,31-34H,7-9,11,13-17,20,22H2,1-6H3. The highest BCUT2D eigenvalue weighted by molar-refractivity contribution is 5.85. The summed E-state index contributed by atoms with van der Waals surface area (Å²) in [6, 6.07) is 11.6. The molecule has 4 aliphatic carbocycles. The van der Waals surface area contributed by atoms with Gasteiger partial charge in [-0.25, -0.2) is 0 Å². The molecule has 0 N–H and O–H groups in total. The zero-order valence-electron chi connectivity index (χ0n) is 24.6. The molecule has 0 bridgehead atoms. The van der Waals surface area contributed by atoms with Gasteiger partial charge in [0.05, 0.1) is 7.11 Å². The van der Waals surface area contributed by atoms with E-state index in [0.717, 1.165) is 47.2 Å². The highest BCUT2D eigenvalue weighted by atomic mass is 16.5. The molecule has 0 saturated heterocycles. The molecule has 0 aliphatic heterocycles. The van der Waals surface area contributed by atoms with Crippen molar-refractivity contribution in [3.8, 4) is 5.75 Å². The fraction of sp³-hybridized carbons (Fsp3) is 0.722. The van der Waals surface area contributed by atoms with E-state index in [1.165, 1.54) is 81.4 Å². The first kappa shape index (κ1) is 25.8. The van der Waals surface area contributed by atoms with Gasteiger partial charge in [-0.2, -0.15) is 0 Å². The molecule has 4 aliphatic rings. The molecule has 37 heavy (non-hydrogen) atoms. The zero-order valence-corrected chi connectivity index (χ0v) is 24.6. The summed E-state index contributed by atoms with van der Waals surface area (Å²) >= 11 is 0. The van der Waals surface area contributed by atoms with Crippen LogP contribution in [0.2, 0.25) is 0 Å². The van der Waals surface area contributed by atoms with Crippen molar-refractivity contribution in [2.75, 3.05) is 7.11 Å². The Bertz CT molecular complexity index is 1130. The van der Waals surface area contributed by atoms with Crippen LogP contribution in [0.4, 0.5) is 0 Å². The molecule has 202 valence electrons. The lowest BCUT2D eigenvalue weighted by atomic mass is 9.44. The minimum absolute atomic E-state index is 0.477.